The molecule has 3 atom stereocenters. The third-order valence-corrected chi connectivity index (χ3v) is 4.14. The lowest BCUT2D eigenvalue weighted by Gasteiger charge is -2.36. The highest BCUT2D eigenvalue weighted by molar-refractivity contribution is 6.42. The van der Waals surface area contributed by atoms with E-state index in [1.54, 1.807) is 26.0 Å². The van der Waals surface area contributed by atoms with E-state index in [9.17, 15) is 9.59 Å². The molecule has 1 fully saturated rings. The Hall–Kier alpha value is -1.50. The molecule has 23 heavy (non-hydrogen) atoms. The molecule has 1 aliphatic rings. The molecule has 1 N–H and O–H groups in total. The second-order valence-corrected chi connectivity index (χ2v) is 6.17. The molecule has 8 heteroatoms. The van der Waals surface area contributed by atoms with Crippen molar-refractivity contribution in [1.29, 1.82) is 0 Å². The fourth-order valence-corrected chi connectivity index (χ4v) is 2.62. The molecule has 1 aromatic carbocycles. The molecule has 0 aromatic heterocycles. The second-order valence-electron chi connectivity index (χ2n) is 5.35. The van der Waals surface area contributed by atoms with Crippen LogP contribution in [0.25, 0.3) is 0 Å². The number of morpholine rings is 1. The molecule has 1 saturated heterocycles. The number of benzene rings is 1. The average molecular weight is 362 g/mol. The summed E-state index contributed by atoms with van der Waals surface area (Å²) in [7, 11) is 0. The Bertz CT molecular complexity index is 610. The molecule has 1 aromatic rings. The van der Waals surface area contributed by atoms with Crippen molar-refractivity contribution in [3.63, 3.8) is 0 Å². The molecule has 1 heterocycles. The topological polar surface area (TPSA) is 76.1 Å². The van der Waals surface area contributed by atoms with E-state index in [-0.39, 0.29) is 18.6 Å². The van der Waals surface area contributed by atoms with Crippen molar-refractivity contribution in [2.75, 3.05) is 13.1 Å². The van der Waals surface area contributed by atoms with Crippen LogP contribution in [0.2, 0.25) is 10.0 Å². The number of ether oxygens (including phenoxy) is 2. The number of amides is 1. The third kappa shape index (κ3) is 4.50. The Balaban J connectivity index is 2.03. The first-order chi connectivity index (χ1) is 10.8. The van der Waals surface area contributed by atoms with Crippen LogP contribution in [0.15, 0.2) is 18.2 Å². The summed E-state index contributed by atoms with van der Waals surface area (Å²) >= 11 is 11.7. The lowest BCUT2D eigenvalue weighted by atomic mass is 10.2. The van der Waals surface area contributed by atoms with Crippen molar-refractivity contribution < 1.29 is 24.2 Å². The van der Waals surface area contributed by atoms with Crippen molar-refractivity contribution >= 4 is 35.1 Å². The summed E-state index contributed by atoms with van der Waals surface area (Å²) in [6.45, 7) is 3.63. The fourth-order valence-electron chi connectivity index (χ4n) is 2.33. The monoisotopic (exact) mass is 361 g/mol. The van der Waals surface area contributed by atoms with Crippen LogP contribution in [-0.4, -0.2) is 53.3 Å². The highest BCUT2D eigenvalue weighted by Crippen LogP contribution is 2.27. The summed E-state index contributed by atoms with van der Waals surface area (Å²) in [6, 6.07) is 4.71. The molecule has 0 saturated carbocycles. The predicted octanol–water partition coefficient (Wildman–Crippen LogP) is 2.46. The number of rotatable bonds is 4. The summed E-state index contributed by atoms with van der Waals surface area (Å²) in [4.78, 5) is 25.0. The van der Waals surface area contributed by atoms with E-state index in [0.717, 1.165) is 0 Å². The first kappa shape index (κ1) is 17.8. The number of nitrogens with zero attached hydrogens (tertiary/aromatic N) is 1. The van der Waals surface area contributed by atoms with Crippen molar-refractivity contribution in [3.05, 3.63) is 28.2 Å². The normalized spacial score (nSPS) is 22.5. The van der Waals surface area contributed by atoms with Gasteiger partial charge in [0.2, 0.25) is 0 Å². The highest BCUT2D eigenvalue weighted by atomic mass is 35.5. The number of carbonyl (C=O) groups excluding carboxylic acids is 1. The van der Waals surface area contributed by atoms with Gasteiger partial charge in [0.25, 0.3) is 5.91 Å². The molecule has 0 radical (unpaired) electrons. The minimum atomic E-state index is -1.09. The standard InChI is InChI=1S/C15H17Cl2NO5/c1-8-6-18(7-13(22-8)15(20)21)14(19)9(2)23-10-3-4-11(16)12(17)5-10/h3-5,8-9,13H,6-7H2,1-2H3,(H,20,21)/t8-,9?,13?/m1/s1. The van der Waals surface area contributed by atoms with Crippen LogP contribution in [0.1, 0.15) is 13.8 Å². The van der Waals surface area contributed by atoms with Gasteiger partial charge in [-0.05, 0) is 26.0 Å². The molecule has 0 bridgehead atoms. The van der Waals surface area contributed by atoms with E-state index >= 15 is 0 Å². The molecule has 1 aliphatic heterocycles. The Kier molecular flexibility index (Phi) is 5.73. The molecule has 1 amide bonds. The van der Waals surface area contributed by atoms with Crippen LogP contribution in [0.5, 0.6) is 5.75 Å². The lowest BCUT2D eigenvalue weighted by molar-refractivity contribution is -0.168. The van der Waals surface area contributed by atoms with Gasteiger partial charge in [-0.3, -0.25) is 4.79 Å². The molecular weight excluding hydrogens is 345 g/mol. The number of halogens is 2. The summed E-state index contributed by atoms with van der Waals surface area (Å²) in [5.74, 6) is -0.985. The van der Waals surface area contributed by atoms with Gasteiger partial charge in [0.15, 0.2) is 12.2 Å². The Labute approximate surface area is 143 Å². The maximum atomic E-state index is 12.5. The van der Waals surface area contributed by atoms with E-state index in [1.165, 1.54) is 11.0 Å². The van der Waals surface area contributed by atoms with Crippen LogP contribution in [0.3, 0.4) is 0 Å². The minimum Gasteiger partial charge on any atom is -0.481 e. The Morgan fingerprint density at radius 3 is 2.65 bits per heavy atom. The summed E-state index contributed by atoms with van der Waals surface area (Å²) < 4.78 is 10.9. The van der Waals surface area contributed by atoms with Gasteiger partial charge in [-0.1, -0.05) is 23.2 Å². The van der Waals surface area contributed by atoms with E-state index in [2.05, 4.69) is 0 Å². The predicted molar refractivity (Wildman–Crippen MR) is 85.1 cm³/mol. The Morgan fingerprint density at radius 2 is 2.04 bits per heavy atom. The zero-order chi connectivity index (χ0) is 17.1. The molecule has 2 rings (SSSR count). The summed E-state index contributed by atoms with van der Waals surface area (Å²) in [5, 5.41) is 9.79. The van der Waals surface area contributed by atoms with E-state index in [4.69, 9.17) is 37.8 Å². The smallest absolute Gasteiger partial charge is 0.334 e. The van der Waals surface area contributed by atoms with Crippen molar-refractivity contribution in [2.24, 2.45) is 0 Å². The molecule has 0 aliphatic carbocycles. The zero-order valence-corrected chi connectivity index (χ0v) is 14.2. The van der Waals surface area contributed by atoms with E-state index < -0.39 is 18.2 Å². The van der Waals surface area contributed by atoms with Gasteiger partial charge in [0, 0.05) is 12.6 Å². The Morgan fingerprint density at radius 1 is 1.35 bits per heavy atom. The zero-order valence-electron chi connectivity index (χ0n) is 12.7. The fraction of sp³-hybridized carbons (Fsp3) is 0.467. The summed E-state index contributed by atoms with van der Waals surface area (Å²) in [5.41, 5.74) is 0. The van der Waals surface area contributed by atoms with Gasteiger partial charge in [-0.2, -0.15) is 0 Å². The first-order valence-corrected chi connectivity index (χ1v) is 7.82. The van der Waals surface area contributed by atoms with Crippen LogP contribution >= 0.6 is 23.2 Å². The SMILES string of the molecule is CC(Oc1ccc(Cl)c(Cl)c1)C(=O)N1CC(C(=O)O)O[C@H](C)C1. The van der Waals surface area contributed by atoms with Gasteiger partial charge in [-0.25, -0.2) is 4.79 Å². The van der Waals surface area contributed by atoms with Crippen LogP contribution in [-0.2, 0) is 14.3 Å². The van der Waals surface area contributed by atoms with E-state index in [1.807, 2.05) is 0 Å². The van der Waals surface area contributed by atoms with Gasteiger partial charge in [0.05, 0.1) is 22.7 Å². The lowest BCUT2D eigenvalue weighted by Crippen LogP contribution is -2.54. The molecular formula is C15H17Cl2NO5. The van der Waals surface area contributed by atoms with Gasteiger partial charge in [0.1, 0.15) is 5.75 Å². The number of hydrogen-bond donors (Lipinski definition) is 1. The van der Waals surface area contributed by atoms with Crippen LogP contribution < -0.4 is 4.74 Å². The maximum absolute atomic E-state index is 12.5. The average Bonchev–Trinajstić information content (AvgIpc) is 2.49. The largest absolute Gasteiger partial charge is 0.481 e. The van der Waals surface area contributed by atoms with Crippen molar-refractivity contribution in [3.8, 4) is 5.75 Å². The number of aliphatic carboxylic acids is 1. The van der Waals surface area contributed by atoms with Crippen LogP contribution in [0.4, 0.5) is 0 Å². The number of carbonyl (C=O) groups is 2. The van der Waals surface area contributed by atoms with Crippen molar-refractivity contribution in [2.45, 2.75) is 32.2 Å². The molecule has 2 unspecified atom stereocenters. The van der Waals surface area contributed by atoms with Crippen LogP contribution in [0, 0.1) is 0 Å². The van der Waals surface area contributed by atoms with Crippen molar-refractivity contribution in [1.82, 2.24) is 4.90 Å². The highest BCUT2D eigenvalue weighted by Gasteiger charge is 2.34. The minimum absolute atomic E-state index is 0.00637. The number of hydrogen-bond acceptors (Lipinski definition) is 4. The number of carboxylic acid groups (broad SMARTS) is 1. The second kappa shape index (κ2) is 7.38. The molecule has 6 nitrogen and oxygen atoms in total. The summed E-state index contributed by atoms with van der Waals surface area (Å²) in [6.07, 6.45) is -2.17. The molecule has 126 valence electrons. The third-order valence-electron chi connectivity index (χ3n) is 3.40. The molecule has 0 spiro atoms. The number of carboxylic acids is 1. The maximum Gasteiger partial charge on any atom is 0.334 e. The van der Waals surface area contributed by atoms with Gasteiger partial charge in [-0.15, -0.1) is 0 Å². The first-order valence-electron chi connectivity index (χ1n) is 7.06. The van der Waals surface area contributed by atoms with Gasteiger partial charge >= 0.3 is 5.97 Å². The van der Waals surface area contributed by atoms with E-state index in [0.29, 0.717) is 22.3 Å². The quantitative estimate of drug-likeness (QED) is 0.891. The van der Waals surface area contributed by atoms with Gasteiger partial charge < -0.3 is 19.5 Å².